The third-order valence-electron chi connectivity index (χ3n) is 4.07. The molecule has 0 spiro atoms. The number of hydrogen-bond acceptors (Lipinski definition) is 2. The molecule has 104 valence electrons. The van der Waals surface area contributed by atoms with Gasteiger partial charge in [-0.1, -0.05) is 48.5 Å². The first-order valence-corrected chi connectivity index (χ1v) is 7.29. The minimum absolute atomic E-state index is 0.371. The van der Waals surface area contributed by atoms with Gasteiger partial charge >= 0.3 is 0 Å². The fourth-order valence-corrected chi connectivity index (χ4v) is 2.80. The Hall–Kier alpha value is -1.80. The highest BCUT2D eigenvalue weighted by Crippen LogP contribution is 2.31. The van der Waals surface area contributed by atoms with Crippen LogP contribution in [0.2, 0.25) is 0 Å². The van der Waals surface area contributed by atoms with E-state index in [0.29, 0.717) is 5.41 Å². The van der Waals surface area contributed by atoms with E-state index in [9.17, 15) is 0 Å². The summed E-state index contributed by atoms with van der Waals surface area (Å²) in [6, 6.07) is 20.8. The van der Waals surface area contributed by atoms with Crippen LogP contribution in [0.25, 0.3) is 0 Å². The number of ether oxygens (including phenoxy) is 1. The van der Waals surface area contributed by atoms with E-state index in [1.807, 2.05) is 30.3 Å². The summed E-state index contributed by atoms with van der Waals surface area (Å²) in [7, 11) is 0. The Kier molecular flexibility index (Phi) is 4.03. The zero-order chi connectivity index (χ0) is 13.7. The summed E-state index contributed by atoms with van der Waals surface area (Å²) >= 11 is 0. The van der Waals surface area contributed by atoms with Gasteiger partial charge in [-0.3, -0.25) is 0 Å². The molecule has 1 heterocycles. The molecule has 1 aliphatic rings. The van der Waals surface area contributed by atoms with E-state index < -0.39 is 0 Å². The van der Waals surface area contributed by atoms with E-state index in [1.165, 1.54) is 5.56 Å². The highest BCUT2D eigenvalue weighted by Gasteiger charge is 2.36. The topological polar surface area (TPSA) is 21.3 Å². The maximum Gasteiger partial charge on any atom is 0.119 e. The van der Waals surface area contributed by atoms with Crippen LogP contribution < -0.4 is 10.1 Å². The highest BCUT2D eigenvalue weighted by molar-refractivity contribution is 5.21. The lowest BCUT2D eigenvalue weighted by Gasteiger charge is -2.43. The highest BCUT2D eigenvalue weighted by atomic mass is 16.5. The van der Waals surface area contributed by atoms with Gasteiger partial charge in [-0.25, -0.2) is 0 Å². The van der Waals surface area contributed by atoms with Crippen molar-refractivity contribution in [3.8, 4) is 5.75 Å². The van der Waals surface area contributed by atoms with E-state index in [1.54, 1.807) is 0 Å². The monoisotopic (exact) mass is 267 g/mol. The second kappa shape index (κ2) is 6.10. The quantitative estimate of drug-likeness (QED) is 0.867. The molecule has 2 aromatic rings. The minimum atomic E-state index is 0.371. The molecule has 2 aromatic carbocycles. The molecule has 1 fully saturated rings. The van der Waals surface area contributed by atoms with Crippen molar-refractivity contribution in [2.45, 2.75) is 12.8 Å². The zero-order valence-electron chi connectivity index (χ0n) is 11.7. The van der Waals surface area contributed by atoms with Gasteiger partial charge in [0.2, 0.25) is 0 Å². The summed E-state index contributed by atoms with van der Waals surface area (Å²) in [5.41, 5.74) is 1.80. The summed E-state index contributed by atoms with van der Waals surface area (Å²) in [6.07, 6.45) is 2.24. The van der Waals surface area contributed by atoms with Crippen molar-refractivity contribution < 1.29 is 4.74 Å². The van der Waals surface area contributed by atoms with Crippen molar-refractivity contribution in [1.82, 2.24) is 5.32 Å². The summed E-state index contributed by atoms with van der Waals surface area (Å²) in [6.45, 7) is 2.98. The van der Waals surface area contributed by atoms with Gasteiger partial charge < -0.3 is 10.1 Å². The van der Waals surface area contributed by atoms with Gasteiger partial charge in [-0.2, -0.15) is 0 Å². The average Bonchev–Trinajstić information content (AvgIpc) is 2.47. The number of hydrogen-bond donors (Lipinski definition) is 1. The average molecular weight is 267 g/mol. The van der Waals surface area contributed by atoms with E-state index in [2.05, 4.69) is 35.6 Å². The van der Waals surface area contributed by atoms with Crippen molar-refractivity contribution >= 4 is 0 Å². The number of rotatable bonds is 6. The molecular formula is C18H21NO. The molecule has 2 heteroatoms. The number of benzene rings is 2. The molecule has 0 saturated carbocycles. The van der Waals surface area contributed by atoms with Crippen LogP contribution in [0.1, 0.15) is 12.0 Å². The molecular weight excluding hydrogens is 246 g/mol. The second-order valence-corrected chi connectivity index (χ2v) is 5.68. The largest absolute Gasteiger partial charge is 0.494 e. The number of para-hydroxylation sites is 1. The molecule has 0 aliphatic carbocycles. The number of nitrogens with one attached hydrogen (secondary N) is 1. The molecule has 20 heavy (non-hydrogen) atoms. The molecule has 0 unspecified atom stereocenters. The Balaban J connectivity index is 1.54. The van der Waals surface area contributed by atoms with Crippen LogP contribution in [0.15, 0.2) is 60.7 Å². The van der Waals surface area contributed by atoms with Crippen LogP contribution in [-0.2, 0) is 6.42 Å². The first-order chi connectivity index (χ1) is 9.86. The van der Waals surface area contributed by atoms with Crippen molar-refractivity contribution in [3.05, 3.63) is 66.2 Å². The van der Waals surface area contributed by atoms with Crippen molar-refractivity contribution in [2.24, 2.45) is 5.41 Å². The van der Waals surface area contributed by atoms with Crippen molar-refractivity contribution in [3.63, 3.8) is 0 Å². The molecule has 3 rings (SSSR count). The van der Waals surface area contributed by atoms with Gasteiger partial charge in [0.25, 0.3) is 0 Å². The summed E-state index contributed by atoms with van der Waals surface area (Å²) in [4.78, 5) is 0. The molecule has 0 aromatic heterocycles. The molecule has 1 aliphatic heterocycles. The van der Waals surface area contributed by atoms with E-state index in [4.69, 9.17) is 4.74 Å². The van der Waals surface area contributed by atoms with Crippen LogP contribution in [0, 0.1) is 5.41 Å². The van der Waals surface area contributed by atoms with Gasteiger partial charge in [0, 0.05) is 18.5 Å². The van der Waals surface area contributed by atoms with Crippen LogP contribution in [0.3, 0.4) is 0 Å². The van der Waals surface area contributed by atoms with E-state index in [-0.39, 0.29) is 0 Å². The molecule has 2 nitrogen and oxygen atoms in total. The zero-order valence-corrected chi connectivity index (χ0v) is 11.7. The Morgan fingerprint density at radius 1 is 0.900 bits per heavy atom. The molecule has 0 radical (unpaired) electrons. The smallest absolute Gasteiger partial charge is 0.119 e. The Bertz CT molecular complexity index is 520. The van der Waals surface area contributed by atoms with Crippen LogP contribution >= 0.6 is 0 Å². The fourth-order valence-electron chi connectivity index (χ4n) is 2.80. The summed E-state index contributed by atoms with van der Waals surface area (Å²) in [5, 5.41) is 3.42. The van der Waals surface area contributed by atoms with Crippen molar-refractivity contribution in [2.75, 3.05) is 19.7 Å². The lowest BCUT2D eigenvalue weighted by atomic mass is 9.74. The van der Waals surface area contributed by atoms with E-state index in [0.717, 1.165) is 38.3 Å². The fraction of sp³-hybridized carbons (Fsp3) is 0.333. The van der Waals surface area contributed by atoms with E-state index >= 15 is 0 Å². The third kappa shape index (κ3) is 3.20. The molecule has 0 bridgehead atoms. The van der Waals surface area contributed by atoms with Crippen LogP contribution in [-0.4, -0.2) is 19.7 Å². The Morgan fingerprint density at radius 2 is 1.55 bits per heavy atom. The normalized spacial score (nSPS) is 16.4. The lowest BCUT2D eigenvalue weighted by Crippen LogP contribution is -2.55. The predicted molar refractivity (Wildman–Crippen MR) is 82.0 cm³/mol. The van der Waals surface area contributed by atoms with Gasteiger partial charge in [0.1, 0.15) is 5.75 Å². The molecule has 1 N–H and O–H groups in total. The minimum Gasteiger partial charge on any atom is -0.494 e. The van der Waals surface area contributed by atoms with Crippen LogP contribution in [0.4, 0.5) is 0 Å². The Morgan fingerprint density at radius 3 is 2.15 bits per heavy atom. The molecule has 0 amide bonds. The third-order valence-corrected chi connectivity index (χ3v) is 4.07. The summed E-state index contributed by atoms with van der Waals surface area (Å²) < 4.78 is 5.85. The first-order valence-electron chi connectivity index (χ1n) is 7.29. The van der Waals surface area contributed by atoms with Crippen LogP contribution in [0.5, 0.6) is 5.75 Å². The van der Waals surface area contributed by atoms with Gasteiger partial charge in [0.05, 0.1) is 6.61 Å². The molecule has 0 atom stereocenters. The lowest BCUT2D eigenvalue weighted by molar-refractivity contribution is 0.121. The molecule has 1 saturated heterocycles. The SMILES string of the molecule is c1ccc(CC2(CCOc3ccccc3)CNC2)cc1. The standard InChI is InChI=1S/C18H21NO/c1-3-7-16(8-4-1)13-18(14-19-15-18)11-12-20-17-9-5-2-6-10-17/h1-10,19H,11-15H2. The maximum absolute atomic E-state index is 5.85. The Labute approximate surface area is 120 Å². The van der Waals surface area contributed by atoms with Gasteiger partial charge in [0.15, 0.2) is 0 Å². The van der Waals surface area contributed by atoms with Gasteiger partial charge in [-0.15, -0.1) is 0 Å². The summed E-state index contributed by atoms with van der Waals surface area (Å²) in [5.74, 6) is 0.967. The van der Waals surface area contributed by atoms with Gasteiger partial charge in [-0.05, 0) is 30.5 Å². The van der Waals surface area contributed by atoms with Crippen molar-refractivity contribution in [1.29, 1.82) is 0 Å². The second-order valence-electron chi connectivity index (χ2n) is 5.68. The maximum atomic E-state index is 5.85. The predicted octanol–water partition coefficient (Wildman–Crippen LogP) is 3.29. The first kappa shape index (κ1) is 13.2.